The third kappa shape index (κ3) is 3.49. The summed E-state index contributed by atoms with van der Waals surface area (Å²) >= 11 is 1.33. The molecule has 1 aliphatic heterocycles. The maximum absolute atomic E-state index is 11.8. The van der Waals surface area contributed by atoms with Crippen LogP contribution in [0.2, 0.25) is 0 Å². The molecule has 1 aromatic heterocycles. The number of fused-ring (bicyclic) bond motifs is 1. The summed E-state index contributed by atoms with van der Waals surface area (Å²) in [6.45, 7) is 2.22. The van der Waals surface area contributed by atoms with Crippen LogP contribution in [0.5, 0.6) is 5.75 Å². The zero-order valence-electron chi connectivity index (χ0n) is 15.7. The summed E-state index contributed by atoms with van der Waals surface area (Å²) in [5.41, 5.74) is 4.51. The Hall–Kier alpha value is -2.45. The molecule has 0 saturated heterocycles. The number of benzene rings is 2. The molecule has 8 heteroatoms. The number of hydrogen-bond donors (Lipinski definition) is 1. The van der Waals surface area contributed by atoms with Crippen LogP contribution >= 0.6 is 11.8 Å². The first-order valence-electron chi connectivity index (χ1n) is 8.72. The van der Waals surface area contributed by atoms with E-state index in [0.717, 1.165) is 27.9 Å². The van der Waals surface area contributed by atoms with E-state index in [9.17, 15) is 9.00 Å². The van der Waals surface area contributed by atoms with Crippen molar-refractivity contribution in [1.82, 2.24) is 9.97 Å². The lowest BCUT2D eigenvalue weighted by Gasteiger charge is -2.18. The smallest absolute Gasteiger partial charge is 0.210 e. The van der Waals surface area contributed by atoms with Crippen LogP contribution in [0, 0.1) is 0 Å². The molecule has 1 aliphatic rings. The van der Waals surface area contributed by atoms with Gasteiger partial charge >= 0.3 is 0 Å². The minimum Gasteiger partial charge on any atom is -0.495 e. The number of imidazole rings is 1. The second-order valence-electron chi connectivity index (χ2n) is 6.47. The van der Waals surface area contributed by atoms with Crippen LogP contribution in [0.25, 0.3) is 22.4 Å². The molecule has 1 N–H and O–H groups in total. The highest BCUT2D eigenvalue weighted by Gasteiger charge is 2.22. The van der Waals surface area contributed by atoms with Gasteiger partial charge in [-0.05, 0) is 42.8 Å². The second kappa shape index (κ2) is 7.52. The number of thioether (sulfide) groups is 1. The summed E-state index contributed by atoms with van der Waals surface area (Å²) in [6.07, 6.45) is 1.63. The van der Waals surface area contributed by atoms with Gasteiger partial charge in [-0.15, -0.1) is 0 Å². The molecule has 0 aliphatic carbocycles. The molecule has 2 heterocycles. The maximum Gasteiger partial charge on any atom is 0.210 e. The summed E-state index contributed by atoms with van der Waals surface area (Å²) < 4.78 is 17.2. The quantitative estimate of drug-likeness (QED) is 0.708. The fourth-order valence-electron chi connectivity index (χ4n) is 3.25. The predicted octanol–water partition coefficient (Wildman–Crippen LogP) is 3.43. The largest absolute Gasteiger partial charge is 0.495 e. The molecule has 2 unspecified atom stereocenters. The molecule has 3 aromatic rings. The van der Waals surface area contributed by atoms with Crippen molar-refractivity contribution in [2.24, 2.45) is 4.99 Å². The number of methoxy groups -OCH3 is 1. The van der Waals surface area contributed by atoms with Crippen molar-refractivity contribution in [1.29, 1.82) is 0 Å². The van der Waals surface area contributed by atoms with Crippen LogP contribution in [0.4, 0.5) is 0 Å². The number of carbonyl (C=O) groups excluding carboxylic acids is 1. The minimum atomic E-state index is -1.13. The van der Waals surface area contributed by atoms with Crippen molar-refractivity contribution in [3.63, 3.8) is 0 Å². The molecule has 0 radical (unpaired) electrons. The van der Waals surface area contributed by atoms with Crippen LogP contribution in [-0.4, -0.2) is 50.2 Å². The summed E-state index contributed by atoms with van der Waals surface area (Å²) in [5, 5.41) is 0.138. The number of aromatic nitrogens is 2. The summed E-state index contributed by atoms with van der Waals surface area (Å²) in [6, 6.07) is 11.5. The van der Waals surface area contributed by atoms with Gasteiger partial charge in [-0.1, -0.05) is 17.8 Å². The van der Waals surface area contributed by atoms with Gasteiger partial charge in [-0.25, -0.2) is 4.98 Å². The third-order valence-electron chi connectivity index (χ3n) is 4.60. The Labute approximate surface area is 169 Å². The highest BCUT2D eigenvalue weighted by Crippen LogP contribution is 2.30. The zero-order valence-corrected chi connectivity index (χ0v) is 17.3. The van der Waals surface area contributed by atoms with Crippen LogP contribution in [0.1, 0.15) is 12.5 Å². The van der Waals surface area contributed by atoms with E-state index in [-0.39, 0.29) is 16.9 Å². The Bertz CT molecular complexity index is 1140. The van der Waals surface area contributed by atoms with E-state index < -0.39 is 10.8 Å². The highest BCUT2D eigenvalue weighted by molar-refractivity contribution is 8.14. The van der Waals surface area contributed by atoms with Crippen molar-refractivity contribution in [2.75, 3.05) is 19.9 Å². The average molecular weight is 414 g/mol. The Morgan fingerprint density at radius 3 is 2.71 bits per heavy atom. The first-order valence-corrected chi connectivity index (χ1v) is 11.2. The molecule has 2 atom stereocenters. The number of carbonyl (C=O) groups is 1. The number of H-pyrrole nitrogens is 1. The van der Waals surface area contributed by atoms with Crippen molar-refractivity contribution in [2.45, 2.75) is 17.1 Å². The second-order valence-corrected chi connectivity index (χ2v) is 9.22. The van der Waals surface area contributed by atoms with E-state index in [4.69, 9.17) is 4.74 Å². The number of aliphatic imine (C=N–C) groups is 1. The van der Waals surface area contributed by atoms with Crippen LogP contribution in [0.3, 0.4) is 0 Å². The lowest BCUT2D eigenvalue weighted by atomic mass is 10.1. The first-order chi connectivity index (χ1) is 13.5. The standard InChI is InChI=1S/C20H19N3O3S2/c1-11-19(21-10-18(24)27-11)12-4-6-14-15(8-12)23-20(22-14)13-5-7-17(28(3)25)16(9-13)26-2/h4-9,11H,10H2,1-3H3,(H,22,23). The molecule has 2 aromatic carbocycles. The number of nitrogens with one attached hydrogen (secondary N) is 1. The molecule has 28 heavy (non-hydrogen) atoms. The topological polar surface area (TPSA) is 84.4 Å². The SMILES string of the molecule is COc1cc(-c2nc3ccc(C4=NCC(=O)SC4C)cc3[nH]2)ccc1S(C)=O. The number of ether oxygens (including phenoxy) is 1. The molecule has 4 rings (SSSR count). The van der Waals surface area contributed by atoms with E-state index in [2.05, 4.69) is 15.0 Å². The van der Waals surface area contributed by atoms with Gasteiger partial charge in [0, 0.05) is 11.8 Å². The third-order valence-corrected chi connectivity index (χ3v) is 6.52. The van der Waals surface area contributed by atoms with E-state index in [1.165, 1.54) is 11.8 Å². The molecule has 0 spiro atoms. The molecule has 0 saturated carbocycles. The van der Waals surface area contributed by atoms with E-state index in [0.29, 0.717) is 16.5 Å². The number of aromatic amines is 1. The fraction of sp³-hybridized carbons (Fsp3) is 0.250. The average Bonchev–Trinajstić information content (AvgIpc) is 3.10. The maximum atomic E-state index is 11.8. The molecule has 0 bridgehead atoms. The van der Waals surface area contributed by atoms with Crippen LogP contribution < -0.4 is 4.74 Å². The van der Waals surface area contributed by atoms with Gasteiger partial charge in [0.1, 0.15) is 18.1 Å². The Balaban J connectivity index is 1.73. The Morgan fingerprint density at radius 1 is 1.21 bits per heavy atom. The van der Waals surface area contributed by atoms with Crippen molar-refractivity contribution in [3.8, 4) is 17.1 Å². The monoisotopic (exact) mass is 413 g/mol. The lowest BCUT2D eigenvalue weighted by Crippen LogP contribution is -2.23. The van der Waals surface area contributed by atoms with Gasteiger partial charge in [0.25, 0.3) is 0 Å². The lowest BCUT2D eigenvalue weighted by molar-refractivity contribution is -0.109. The summed E-state index contributed by atoms with van der Waals surface area (Å²) in [4.78, 5) is 24.7. The predicted molar refractivity (Wildman–Crippen MR) is 114 cm³/mol. The van der Waals surface area contributed by atoms with E-state index in [1.54, 1.807) is 19.4 Å². The molecule has 6 nitrogen and oxygen atoms in total. The van der Waals surface area contributed by atoms with Crippen LogP contribution in [-0.2, 0) is 15.6 Å². The van der Waals surface area contributed by atoms with Gasteiger partial charge in [0.05, 0.1) is 44.8 Å². The normalized spacial score (nSPS) is 18.2. The highest BCUT2D eigenvalue weighted by atomic mass is 32.2. The fourth-order valence-corrected chi connectivity index (χ4v) is 4.79. The molecule has 144 valence electrons. The van der Waals surface area contributed by atoms with Crippen molar-refractivity contribution in [3.05, 3.63) is 42.0 Å². The molecular formula is C20H19N3O3S2. The first kappa shape index (κ1) is 18.9. The molecule has 0 fully saturated rings. The summed E-state index contributed by atoms with van der Waals surface area (Å²) in [5.74, 6) is 1.29. The van der Waals surface area contributed by atoms with Gasteiger partial charge in [0.15, 0.2) is 0 Å². The Morgan fingerprint density at radius 2 is 2.00 bits per heavy atom. The van der Waals surface area contributed by atoms with Crippen molar-refractivity contribution < 1.29 is 13.7 Å². The van der Waals surface area contributed by atoms with E-state index in [1.807, 2.05) is 37.3 Å². The zero-order chi connectivity index (χ0) is 19.8. The number of nitrogens with zero attached hydrogens (tertiary/aromatic N) is 2. The van der Waals surface area contributed by atoms with Gasteiger partial charge in [-0.2, -0.15) is 0 Å². The van der Waals surface area contributed by atoms with Crippen molar-refractivity contribution >= 4 is 44.4 Å². The van der Waals surface area contributed by atoms with Gasteiger partial charge in [0.2, 0.25) is 5.12 Å². The molecule has 0 amide bonds. The van der Waals surface area contributed by atoms with E-state index >= 15 is 0 Å². The van der Waals surface area contributed by atoms with Gasteiger partial charge < -0.3 is 9.72 Å². The molecular weight excluding hydrogens is 394 g/mol. The Kier molecular flexibility index (Phi) is 5.07. The summed E-state index contributed by atoms with van der Waals surface area (Å²) in [7, 11) is 0.438. The number of hydrogen-bond acceptors (Lipinski definition) is 6. The number of rotatable bonds is 4. The minimum absolute atomic E-state index is 0.0350. The van der Waals surface area contributed by atoms with Crippen LogP contribution in [0.15, 0.2) is 46.3 Å². The van der Waals surface area contributed by atoms with Gasteiger partial charge in [-0.3, -0.25) is 14.0 Å².